The fraction of sp³-hybridized carbons (Fsp3) is 0.500. The van der Waals surface area contributed by atoms with E-state index in [0.29, 0.717) is 6.61 Å². The molecule has 1 fully saturated rings. The molecule has 2 rings (SSSR count). The van der Waals surface area contributed by atoms with Gasteiger partial charge in [-0.25, -0.2) is 4.39 Å². The number of hydrogen-bond donors (Lipinski definition) is 2. The minimum atomic E-state index is -2.05. The van der Waals surface area contributed by atoms with Gasteiger partial charge in [-0.1, -0.05) is 6.07 Å². The summed E-state index contributed by atoms with van der Waals surface area (Å²) >= 11 is 0. The summed E-state index contributed by atoms with van der Waals surface area (Å²) in [6.07, 6.45) is 2.75. The van der Waals surface area contributed by atoms with Crippen LogP contribution in [0.15, 0.2) is 12.1 Å². The monoisotopic (exact) mass is 272 g/mol. The number of benzene rings is 1. The van der Waals surface area contributed by atoms with Crippen molar-refractivity contribution in [3.63, 3.8) is 0 Å². The van der Waals surface area contributed by atoms with Crippen molar-refractivity contribution in [2.45, 2.75) is 25.4 Å². The molecule has 1 atom stereocenters. The van der Waals surface area contributed by atoms with E-state index in [1.807, 2.05) is 0 Å². The molecule has 1 saturated heterocycles. The molecule has 0 spiro atoms. The SMILES string of the molecule is OB(O)c1ccc(OCC2CCCCO2)c(F)c1F. The van der Waals surface area contributed by atoms with Crippen molar-refractivity contribution < 1.29 is 28.3 Å². The quantitative estimate of drug-likeness (QED) is 0.788. The third kappa shape index (κ3) is 3.43. The van der Waals surface area contributed by atoms with Crippen molar-refractivity contribution in [3.05, 3.63) is 23.8 Å². The molecule has 0 bridgehead atoms. The van der Waals surface area contributed by atoms with Crippen LogP contribution in [0.1, 0.15) is 19.3 Å². The second kappa shape index (κ2) is 6.32. The highest BCUT2D eigenvalue weighted by Gasteiger charge is 2.23. The van der Waals surface area contributed by atoms with Crippen molar-refractivity contribution in [3.8, 4) is 5.75 Å². The maximum atomic E-state index is 13.6. The van der Waals surface area contributed by atoms with Gasteiger partial charge in [0, 0.05) is 12.1 Å². The molecule has 7 heteroatoms. The summed E-state index contributed by atoms with van der Waals surface area (Å²) in [5, 5.41) is 17.7. The average molecular weight is 272 g/mol. The summed E-state index contributed by atoms with van der Waals surface area (Å²) < 4.78 is 37.7. The molecule has 1 heterocycles. The number of ether oxygens (including phenoxy) is 2. The Labute approximate surface area is 110 Å². The van der Waals surface area contributed by atoms with Crippen LogP contribution in [-0.4, -0.2) is 36.5 Å². The Morgan fingerprint density at radius 3 is 2.68 bits per heavy atom. The lowest BCUT2D eigenvalue weighted by atomic mass is 9.80. The van der Waals surface area contributed by atoms with E-state index >= 15 is 0 Å². The van der Waals surface area contributed by atoms with E-state index in [0.717, 1.165) is 25.3 Å². The predicted molar refractivity (Wildman–Crippen MR) is 65.3 cm³/mol. The van der Waals surface area contributed by atoms with Gasteiger partial charge in [0.1, 0.15) is 6.61 Å². The molecule has 2 N–H and O–H groups in total. The van der Waals surface area contributed by atoms with Gasteiger partial charge in [-0.05, 0) is 25.3 Å². The van der Waals surface area contributed by atoms with Crippen molar-refractivity contribution in [1.29, 1.82) is 0 Å². The highest BCUT2D eigenvalue weighted by Crippen LogP contribution is 2.20. The first-order chi connectivity index (χ1) is 9.09. The van der Waals surface area contributed by atoms with Crippen molar-refractivity contribution >= 4 is 12.6 Å². The lowest BCUT2D eigenvalue weighted by Gasteiger charge is -2.22. The van der Waals surface area contributed by atoms with Crippen molar-refractivity contribution in [1.82, 2.24) is 0 Å². The van der Waals surface area contributed by atoms with Crippen LogP contribution >= 0.6 is 0 Å². The highest BCUT2D eigenvalue weighted by molar-refractivity contribution is 6.58. The minimum Gasteiger partial charge on any atom is -0.488 e. The summed E-state index contributed by atoms with van der Waals surface area (Å²) in [5.41, 5.74) is -0.515. The standard InChI is InChI=1S/C12H15BF2O4/c14-11-9(13(16)17)4-5-10(12(11)15)19-7-8-3-1-2-6-18-8/h4-5,8,16-17H,1-3,6-7H2. The molecular weight excluding hydrogens is 257 g/mol. The molecule has 4 nitrogen and oxygen atoms in total. The second-order valence-corrected chi connectivity index (χ2v) is 4.45. The molecule has 104 valence electrons. The molecule has 0 saturated carbocycles. The smallest absolute Gasteiger partial charge is 0.488 e. The van der Waals surface area contributed by atoms with Gasteiger partial charge < -0.3 is 19.5 Å². The first-order valence-electron chi connectivity index (χ1n) is 6.18. The minimum absolute atomic E-state index is 0.112. The molecule has 19 heavy (non-hydrogen) atoms. The van der Waals surface area contributed by atoms with E-state index in [4.69, 9.17) is 19.5 Å². The average Bonchev–Trinajstić information content (AvgIpc) is 2.41. The summed E-state index contributed by atoms with van der Waals surface area (Å²) in [6, 6.07) is 2.26. The fourth-order valence-electron chi connectivity index (χ4n) is 1.98. The largest absolute Gasteiger partial charge is 0.491 e. The Hall–Kier alpha value is -1.18. The molecule has 0 amide bonds. The van der Waals surface area contributed by atoms with Gasteiger partial charge in [0.15, 0.2) is 17.4 Å². The van der Waals surface area contributed by atoms with Crippen LogP contribution in [0.3, 0.4) is 0 Å². The Balaban J connectivity index is 2.02. The van der Waals surface area contributed by atoms with Gasteiger partial charge in [-0.2, -0.15) is 4.39 Å². The van der Waals surface area contributed by atoms with E-state index in [1.165, 1.54) is 6.07 Å². The van der Waals surface area contributed by atoms with Crippen LogP contribution in [0.25, 0.3) is 0 Å². The Bertz CT molecular complexity index is 436. The molecule has 1 unspecified atom stereocenters. The van der Waals surface area contributed by atoms with E-state index in [1.54, 1.807) is 0 Å². The number of halogens is 2. The van der Waals surface area contributed by atoms with Crippen LogP contribution in [0.5, 0.6) is 5.75 Å². The maximum absolute atomic E-state index is 13.6. The van der Waals surface area contributed by atoms with Gasteiger partial charge in [0.25, 0.3) is 0 Å². The Kier molecular flexibility index (Phi) is 4.73. The molecule has 0 aliphatic carbocycles. The zero-order chi connectivity index (χ0) is 13.8. The molecule has 1 aromatic rings. The van der Waals surface area contributed by atoms with E-state index in [9.17, 15) is 8.78 Å². The van der Waals surface area contributed by atoms with Crippen LogP contribution < -0.4 is 10.2 Å². The Morgan fingerprint density at radius 1 is 1.26 bits per heavy atom. The normalized spacial score (nSPS) is 19.3. The van der Waals surface area contributed by atoms with Crippen molar-refractivity contribution in [2.24, 2.45) is 0 Å². The zero-order valence-electron chi connectivity index (χ0n) is 10.3. The third-order valence-electron chi connectivity index (χ3n) is 3.05. The molecule has 1 aliphatic heterocycles. The second-order valence-electron chi connectivity index (χ2n) is 4.45. The molecule has 0 aromatic heterocycles. The highest BCUT2D eigenvalue weighted by atomic mass is 19.2. The van der Waals surface area contributed by atoms with Gasteiger partial charge in [0.2, 0.25) is 0 Å². The third-order valence-corrected chi connectivity index (χ3v) is 3.05. The van der Waals surface area contributed by atoms with Gasteiger partial charge in [-0.3, -0.25) is 0 Å². The van der Waals surface area contributed by atoms with Crippen LogP contribution in [0.2, 0.25) is 0 Å². The topological polar surface area (TPSA) is 58.9 Å². The van der Waals surface area contributed by atoms with E-state index in [-0.39, 0.29) is 18.5 Å². The fourth-order valence-corrected chi connectivity index (χ4v) is 1.98. The molecular formula is C12H15BF2O4. The summed E-state index contributed by atoms with van der Waals surface area (Å²) in [5.74, 6) is -2.78. The first-order valence-corrected chi connectivity index (χ1v) is 6.18. The predicted octanol–water partition coefficient (Wildman–Crippen LogP) is 0.592. The summed E-state index contributed by atoms with van der Waals surface area (Å²) in [4.78, 5) is 0. The number of hydrogen-bond acceptors (Lipinski definition) is 4. The van der Waals surface area contributed by atoms with Gasteiger partial charge in [0.05, 0.1) is 6.10 Å². The zero-order valence-corrected chi connectivity index (χ0v) is 10.3. The molecule has 0 radical (unpaired) electrons. The van der Waals surface area contributed by atoms with Crippen LogP contribution in [0.4, 0.5) is 8.78 Å². The molecule has 1 aliphatic rings. The summed E-state index contributed by atoms with van der Waals surface area (Å²) in [7, 11) is -2.05. The van der Waals surface area contributed by atoms with Gasteiger partial charge >= 0.3 is 7.12 Å². The Morgan fingerprint density at radius 2 is 2.05 bits per heavy atom. The lowest BCUT2D eigenvalue weighted by Crippen LogP contribution is -2.33. The van der Waals surface area contributed by atoms with E-state index in [2.05, 4.69) is 0 Å². The lowest BCUT2D eigenvalue weighted by molar-refractivity contribution is -0.0118. The van der Waals surface area contributed by atoms with Gasteiger partial charge in [-0.15, -0.1) is 0 Å². The van der Waals surface area contributed by atoms with Crippen LogP contribution in [-0.2, 0) is 4.74 Å². The summed E-state index contributed by atoms with van der Waals surface area (Å²) in [6.45, 7) is 0.803. The van der Waals surface area contributed by atoms with E-state index < -0.39 is 24.2 Å². The van der Waals surface area contributed by atoms with Crippen molar-refractivity contribution in [2.75, 3.05) is 13.2 Å². The first kappa shape index (κ1) is 14.2. The van der Waals surface area contributed by atoms with Crippen LogP contribution in [0, 0.1) is 11.6 Å². The number of rotatable bonds is 4. The maximum Gasteiger partial charge on any atom is 0.491 e. The molecule has 1 aromatic carbocycles.